The highest BCUT2D eigenvalue weighted by molar-refractivity contribution is 6.00. The summed E-state index contributed by atoms with van der Waals surface area (Å²) < 4.78 is 10.6. The van der Waals surface area contributed by atoms with Gasteiger partial charge in [-0.3, -0.25) is 9.59 Å². The van der Waals surface area contributed by atoms with Gasteiger partial charge in [0.05, 0.1) is 6.61 Å². The van der Waals surface area contributed by atoms with E-state index in [9.17, 15) is 9.59 Å². The van der Waals surface area contributed by atoms with Gasteiger partial charge in [0.25, 0.3) is 0 Å². The Hall–Kier alpha value is -1.84. The molecule has 0 unspecified atom stereocenters. The van der Waals surface area contributed by atoms with Crippen molar-refractivity contribution in [2.24, 2.45) is 5.41 Å². The summed E-state index contributed by atoms with van der Waals surface area (Å²) in [6.07, 6.45) is 1.44. The zero-order chi connectivity index (χ0) is 15.9. The third kappa shape index (κ3) is 4.06. The van der Waals surface area contributed by atoms with Crippen LogP contribution in [0.15, 0.2) is 24.3 Å². The van der Waals surface area contributed by atoms with Crippen LogP contribution >= 0.6 is 0 Å². The Balaban J connectivity index is 2.93. The van der Waals surface area contributed by atoms with Crippen LogP contribution in [0.3, 0.4) is 0 Å². The molecule has 0 aliphatic carbocycles. The van der Waals surface area contributed by atoms with Crippen molar-refractivity contribution in [3.8, 4) is 5.75 Å². The average Bonchev–Trinajstić information content (AvgIpc) is 2.47. The molecule has 116 valence electrons. The molecule has 0 aliphatic rings. The summed E-state index contributed by atoms with van der Waals surface area (Å²) in [6, 6.07) is 7.20. The van der Waals surface area contributed by atoms with Crippen molar-refractivity contribution in [3.05, 3.63) is 29.8 Å². The van der Waals surface area contributed by atoms with E-state index < -0.39 is 17.4 Å². The van der Waals surface area contributed by atoms with Gasteiger partial charge in [0, 0.05) is 0 Å². The molecule has 21 heavy (non-hydrogen) atoms. The van der Waals surface area contributed by atoms with Crippen LogP contribution in [0.2, 0.25) is 0 Å². The average molecular weight is 292 g/mol. The molecule has 0 radical (unpaired) electrons. The lowest BCUT2D eigenvalue weighted by molar-refractivity contribution is -0.168. The molecule has 0 amide bonds. The highest BCUT2D eigenvalue weighted by Gasteiger charge is 2.46. The van der Waals surface area contributed by atoms with Crippen LogP contribution in [0, 0.1) is 12.3 Å². The van der Waals surface area contributed by atoms with Gasteiger partial charge in [0.2, 0.25) is 0 Å². The van der Waals surface area contributed by atoms with Crippen molar-refractivity contribution in [3.63, 3.8) is 0 Å². The van der Waals surface area contributed by atoms with Crippen LogP contribution in [0.1, 0.15) is 45.6 Å². The van der Waals surface area contributed by atoms with Crippen molar-refractivity contribution >= 4 is 11.9 Å². The minimum absolute atomic E-state index is 0.318. The first-order valence-corrected chi connectivity index (χ1v) is 7.46. The molecular formula is C17H24O4. The number of ether oxygens (including phenoxy) is 2. The third-order valence-electron chi connectivity index (χ3n) is 3.63. The van der Waals surface area contributed by atoms with E-state index in [0.717, 1.165) is 12.0 Å². The molecule has 0 aliphatic heterocycles. The molecule has 0 aromatic heterocycles. The number of hydrogen-bond acceptors (Lipinski definition) is 4. The van der Waals surface area contributed by atoms with E-state index in [1.54, 1.807) is 26.0 Å². The maximum Gasteiger partial charge on any atom is 0.328 e. The largest absolute Gasteiger partial charge is 0.465 e. The van der Waals surface area contributed by atoms with Crippen LogP contribution < -0.4 is 4.74 Å². The highest BCUT2D eigenvalue weighted by Crippen LogP contribution is 2.31. The highest BCUT2D eigenvalue weighted by atomic mass is 16.6. The topological polar surface area (TPSA) is 52.6 Å². The van der Waals surface area contributed by atoms with Crippen molar-refractivity contribution in [1.29, 1.82) is 0 Å². The van der Waals surface area contributed by atoms with Gasteiger partial charge in [-0.15, -0.1) is 0 Å². The zero-order valence-electron chi connectivity index (χ0n) is 13.3. The summed E-state index contributed by atoms with van der Waals surface area (Å²) in [7, 11) is 0. The van der Waals surface area contributed by atoms with Crippen LogP contribution in [0.5, 0.6) is 5.75 Å². The molecular weight excluding hydrogens is 268 g/mol. The Bertz CT molecular complexity index is 489. The Morgan fingerprint density at radius 1 is 1.10 bits per heavy atom. The van der Waals surface area contributed by atoms with E-state index in [-0.39, 0.29) is 0 Å². The van der Waals surface area contributed by atoms with E-state index in [4.69, 9.17) is 9.47 Å². The predicted octanol–water partition coefficient (Wildman–Crippen LogP) is 3.66. The second-order valence-electron chi connectivity index (χ2n) is 5.13. The fourth-order valence-electron chi connectivity index (χ4n) is 2.13. The van der Waals surface area contributed by atoms with E-state index in [2.05, 4.69) is 0 Å². The van der Waals surface area contributed by atoms with Crippen molar-refractivity contribution in [1.82, 2.24) is 0 Å². The van der Waals surface area contributed by atoms with Crippen molar-refractivity contribution < 1.29 is 19.1 Å². The number of rotatable bonds is 7. The quantitative estimate of drug-likeness (QED) is 0.437. The molecule has 0 heterocycles. The summed E-state index contributed by atoms with van der Waals surface area (Å²) >= 11 is 0. The molecule has 0 bridgehead atoms. The molecule has 0 fully saturated rings. The number of esters is 2. The maximum absolute atomic E-state index is 12.5. The molecule has 4 heteroatoms. The lowest BCUT2D eigenvalue weighted by Crippen LogP contribution is -2.42. The van der Waals surface area contributed by atoms with Crippen LogP contribution in [0.25, 0.3) is 0 Å². The van der Waals surface area contributed by atoms with Crippen LogP contribution in [-0.2, 0) is 14.3 Å². The van der Waals surface area contributed by atoms with Gasteiger partial charge in [-0.1, -0.05) is 32.9 Å². The van der Waals surface area contributed by atoms with Crippen molar-refractivity contribution in [2.45, 2.75) is 47.0 Å². The molecule has 1 aromatic carbocycles. The van der Waals surface area contributed by atoms with Gasteiger partial charge >= 0.3 is 11.9 Å². The summed E-state index contributed by atoms with van der Waals surface area (Å²) in [5.41, 5.74) is -0.230. The fraction of sp³-hybridized carbons (Fsp3) is 0.529. The first kappa shape index (κ1) is 17.2. The predicted molar refractivity (Wildman–Crippen MR) is 81.1 cm³/mol. The molecule has 0 saturated heterocycles. The lowest BCUT2D eigenvalue weighted by Gasteiger charge is -2.26. The molecule has 0 atom stereocenters. The number of carbonyl (C=O) groups is 2. The van der Waals surface area contributed by atoms with E-state index >= 15 is 0 Å². The minimum Gasteiger partial charge on any atom is -0.465 e. The Morgan fingerprint density at radius 2 is 1.76 bits per heavy atom. The van der Waals surface area contributed by atoms with Gasteiger partial charge < -0.3 is 9.47 Å². The smallest absolute Gasteiger partial charge is 0.328 e. The zero-order valence-corrected chi connectivity index (χ0v) is 13.3. The summed E-state index contributed by atoms with van der Waals surface area (Å²) in [5, 5.41) is 0. The molecule has 0 spiro atoms. The summed E-state index contributed by atoms with van der Waals surface area (Å²) in [5.74, 6) is -0.583. The van der Waals surface area contributed by atoms with Crippen molar-refractivity contribution in [2.75, 3.05) is 6.61 Å². The first-order valence-electron chi connectivity index (χ1n) is 7.46. The first-order chi connectivity index (χ1) is 10.00. The molecule has 4 nitrogen and oxygen atoms in total. The van der Waals surface area contributed by atoms with Gasteiger partial charge in [0.1, 0.15) is 5.75 Å². The standard InChI is InChI=1S/C17H24O4/c1-5-11-20-15(18)17(6-2,7-3)16(19)21-14-10-8-9-13(4)12-14/h8-10,12H,5-7,11H2,1-4H3. The third-order valence-corrected chi connectivity index (χ3v) is 3.63. The normalized spacial score (nSPS) is 11.0. The Morgan fingerprint density at radius 3 is 2.29 bits per heavy atom. The van der Waals surface area contributed by atoms with E-state index in [1.807, 2.05) is 26.0 Å². The molecule has 0 N–H and O–H groups in total. The SMILES string of the molecule is CCCOC(=O)C(CC)(CC)C(=O)Oc1cccc(C)c1. The molecule has 0 saturated carbocycles. The van der Waals surface area contributed by atoms with Crippen LogP contribution in [0.4, 0.5) is 0 Å². The molecule has 1 rings (SSSR count). The molecule has 1 aromatic rings. The minimum atomic E-state index is -1.22. The van der Waals surface area contributed by atoms with Crippen LogP contribution in [-0.4, -0.2) is 18.5 Å². The summed E-state index contributed by atoms with van der Waals surface area (Å²) in [6.45, 7) is 7.75. The maximum atomic E-state index is 12.5. The second kappa shape index (κ2) is 7.81. The fourth-order valence-corrected chi connectivity index (χ4v) is 2.13. The van der Waals surface area contributed by atoms with Gasteiger partial charge in [0.15, 0.2) is 5.41 Å². The van der Waals surface area contributed by atoms with E-state index in [1.165, 1.54) is 0 Å². The van der Waals surface area contributed by atoms with Gasteiger partial charge in [-0.05, 0) is 43.9 Å². The monoisotopic (exact) mass is 292 g/mol. The number of hydrogen-bond donors (Lipinski definition) is 0. The van der Waals surface area contributed by atoms with Gasteiger partial charge in [-0.2, -0.15) is 0 Å². The summed E-state index contributed by atoms with van der Waals surface area (Å²) in [4.78, 5) is 24.8. The number of aryl methyl sites for hydroxylation is 1. The number of benzene rings is 1. The lowest BCUT2D eigenvalue weighted by atomic mass is 9.82. The van der Waals surface area contributed by atoms with Gasteiger partial charge in [-0.25, -0.2) is 0 Å². The Labute approximate surface area is 126 Å². The van der Waals surface area contributed by atoms with E-state index in [0.29, 0.717) is 25.2 Å². The second-order valence-corrected chi connectivity index (χ2v) is 5.13. The Kier molecular flexibility index (Phi) is 6.40. The number of carbonyl (C=O) groups excluding carboxylic acids is 2.